The fourth-order valence-electron chi connectivity index (χ4n) is 5.27. The van der Waals surface area contributed by atoms with Crippen LogP contribution in [0.1, 0.15) is 30.9 Å². The van der Waals surface area contributed by atoms with Gasteiger partial charge >= 0.3 is 18.8 Å². The molecular weight excluding hydrogens is 623 g/mol. The lowest BCUT2D eigenvalue weighted by Crippen LogP contribution is -2.49. The van der Waals surface area contributed by atoms with Crippen molar-refractivity contribution in [3.8, 4) is 22.6 Å². The molecule has 0 atom stereocenters. The lowest BCUT2D eigenvalue weighted by atomic mass is 9.99. The maximum Gasteiger partial charge on any atom is 0.319 e. The summed E-state index contributed by atoms with van der Waals surface area (Å²) in [5, 5.41) is 6.87. The molecule has 5 rings (SSSR count). The highest BCUT2D eigenvalue weighted by Gasteiger charge is 2.43. The van der Waals surface area contributed by atoms with Gasteiger partial charge in [-0.15, -0.1) is 10.2 Å². The zero-order chi connectivity index (χ0) is 33.0. The predicted molar refractivity (Wildman–Crippen MR) is 153 cm³/mol. The van der Waals surface area contributed by atoms with E-state index in [4.69, 9.17) is 4.42 Å². The maximum atomic E-state index is 15.6. The first kappa shape index (κ1) is 32.8. The molecule has 1 amide bonds. The van der Waals surface area contributed by atoms with Crippen LogP contribution in [0.3, 0.4) is 0 Å². The van der Waals surface area contributed by atoms with Gasteiger partial charge in [0, 0.05) is 62.0 Å². The average Bonchev–Trinajstić information content (AvgIpc) is 3.55. The molecule has 1 aliphatic heterocycles. The smallest absolute Gasteiger partial charge is 0.319 e. The normalized spacial score (nSPS) is 14.7. The van der Waals surface area contributed by atoms with Crippen LogP contribution in [0.15, 0.2) is 59.4 Å². The first-order valence-corrected chi connectivity index (χ1v) is 14.1. The van der Waals surface area contributed by atoms with Gasteiger partial charge in [-0.1, -0.05) is 6.07 Å². The van der Waals surface area contributed by atoms with Crippen LogP contribution in [0.2, 0.25) is 0 Å². The van der Waals surface area contributed by atoms with E-state index in [9.17, 15) is 31.1 Å². The number of nitrogens with zero attached hydrogens (tertiary/aromatic N) is 7. The lowest BCUT2D eigenvalue weighted by Gasteiger charge is -2.40. The number of carbonyl (C=O) groups excluding carboxylic acids is 1. The number of pyridine rings is 2. The molecule has 0 bridgehead atoms. The molecule has 1 aliphatic rings. The molecule has 4 heterocycles. The standard InChI is InChI=1S/C30H28F7N7O2/c1-42(21-6-9-43(10-7-21)16-30(36,37)29(34)35)24-11-22(18-3-2-8-38-13-18)23(31)12-25(24)44(17-45)15-20-5-4-19(14-39-20)27-40-41-28(46-27)26(32)33/h2-5,8,11-14,17,21,26,29H,6-7,9-10,15-16H2,1H3. The molecule has 3 aromatic heterocycles. The minimum Gasteiger partial charge on any atom is -0.415 e. The van der Waals surface area contributed by atoms with Gasteiger partial charge < -0.3 is 14.2 Å². The number of likely N-dealkylation sites (tertiary alicyclic amines) is 1. The molecule has 4 aromatic rings. The number of hydrogen-bond acceptors (Lipinski definition) is 8. The number of benzene rings is 1. The average molecular weight is 652 g/mol. The SMILES string of the molecule is CN(c1cc(-c2cccnc2)c(F)cc1N(C=O)Cc1ccc(-c2nnc(C(F)F)o2)cn1)C1CCN(CC(F)(F)C(F)F)CC1. The lowest BCUT2D eigenvalue weighted by molar-refractivity contribution is -0.143. The minimum atomic E-state index is -4.13. The molecule has 9 nitrogen and oxygen atoms in total. The second kappa shape index (κ2) is 13.8. The van der Waals surface area contributed by atoms with E-state index in [1.54, 1.807) is 25.2 Å². The third kappa shape index (κ3) is 7.27. The number of carbonyl (C=O) groups is 1. The summed E-state index contributed by atoms with van der Waals surface area (Å²) < 4.78 is 99.0. The van der Waals surface area contributed by atoms with Crippen molar-refractivity contribution >= 4 is 17.8 Å². The molecule has 0 spiro atoms. The molecule has 1 fully saturated rings. The van der Waals surface area contributed by atoms with Crippen molar-refractivity contribution < 1.29 is 39.9 Å². The Hall–Kier alpha value is -4.60. The second-order valence-electron chi connectivity index (χ2n) is 10.8. The topological polar surface area (TPSA) is 91.5 Å². The van der Waals surface area contributed by atoms with E-state index in [0.717, 1.165) is 0 Å². The van der Waals surface area contributed by atoms with Gasteiger partial charge in [0.25, 0.3) is 5.89 Å². The highest BCUT2D eigenvalue weighted by atomic mass is 19.3. The highest BCUT2D eigenvalue weighted by molar-refractivity contribution is 5.87. The molecule has 0 saturated carbocycles. The van der Waals surface area contributed by atoms with Crippen molar-refractivity contribution in [1.82, 2.24) is 25.1 Å². The van der Waals surface area contributed by atoms with Crippen LogP contribution in [-0.4, -0.2) is 76.5 Å². The number of rotatable bonds is 12. The van der Waals surface area contributed by atoms with Gasteiger partial charge in [-0.3, -0.25) is 19.7 Å². The van der Waals surface area contributed by atoms with Crippen LogP contribution in [-0.2, 0) is 11.3 Å². The molecule has 1 saturated heterocycles. The van der Waals surface area contributed by atoms with Crippen LogP contribution >= 0.6 is 0 Å². The van der Waals surface area contributed by atoms with Gasteiger partial charge in [0.2, 0.25) is 12.3 Å². The number of anilines is 2. The summed E-state index contributed by atoms with van der Waals surface area (Å²) in [6.45, 7) is -0.895. The molecular formula is C30H28F7N7O2. The van der Waals surface area contributed by atoms with E-state index in [0.29, 0.717) is 36.2 Å². The third-order valence-electron chi connectivity index (χ3n) is 7.74. The number of alkyl halides is 6. The number of halogens is 7. The third-order valence-corrected chi connectivity index (χ3v) is 7.74. The Morgan fingerprint density at radius 3 is 2.39 bits per heavy atom. The summed E-state index contributed by atoms with van der Waals surface area (Å²) in [4.78, 5) is 25.1. The van der Waals surface area contributed by atoms with Crippen LogP contribution in [0, 0.1) is 5.82 Å². The first-order valence-electron chi connectivity index (χ1n) is 14.1. The summed E-state index contributed by atoms with van der Waals surface area (Å²) in [5.74, 6) is -5.76. The molecule has 0 N–H and O–H groups in total. The van der Waals surface area contributed by atoms with Gasteiger partial charge in [0.05, 0.1) is 35.7 Å². The van der Waals surface area contributed by atoms with E-state index < -0.39 is 37.0 Å². The van der Waals surface area contributed by atoms with Crippen LogP contribution in [0.4, 0.5) is 42.1 Å². The largest absolute Gasteiger partial charge is 0.415 e. The summed E-state index contributed by atoms with van der Waals surface area (Å²) in [6, 6.07) is 8.87. The quantitative estimate of drug-likeness (QED) is 0.132. The fourth-order valence-corrected chi connectivity index (χ4v) is 5.27. The van der Waals surface area contributed by atoms with Crippen molar-refractivity contribution in [1.29, 1.82) is 0 Å². The zero-order valence-electron chi connectivity index (χ0n) is 24.3. The van der Waals surface area contributed by atoms with Gasteiger partial charge in [0.1, 0.15) is 5.82 Å². The van der Waals surface area contributed by atoms with Crippen molar-refractivity contribution in [3.05, 3.63) is 72.4 Å². The number of aromatic nitrogens is 4. The van der Waals surface area contributed by atoms with Gasteiger partial charge in [-0.25, -0.2) is 13.2 Å². The molecule has 0 unspecified atom stereocenters. The molecule has 1 aromatic carbocycles. The predicted octanol–water partition coefficient (Wildman–Crippen LogP) is 6.23. The fraction of sp³-hybridized carbons (Fsp3) is 0.367. The molecule has 0 radical (unpaired) electrons. The summed E-state index contributed by atoms with van der Waals surface area (Å²) >= 11 is 0. The molecule has 0 aliphatic carbocycles. The minimum absolute atomic E-state index is 0.108. The first-order chi connectivity index (χ1) is 22.0. The van der Waals surface area contributed by atoms with Crippen LogP contribution in [0.25, 0.3) is 22.6 Å². The number of piperidine rings is 1. The molecule has 244 valence electrons. The maximum absolute atomic E-state index is 15.6. The van der Waals surface area contributed by atoms with Crippen LogP contribution < -0.4 is 9.80 Å². The van der Waals surface area contributed by atoms with Gasteiger partial charge in [-0.2, -0.15) is 17.6 Å². The van der Waals surface area contributed by atoms with E-state index in [1.807, 2.05) is 4.90 Å². The van der Waals surface area contributed by atoms with Crippen LogP contribution in [0.5, 0.6) is 0 Å². The van der Waals surface area contributed by atoms with Crippen molar-refractivity contribution in [2.24, 2.45) is 0 Å². The van der Waals surface area contributed by atoms with E-state index in [1.165, 1.54) is 46.6 Å². The Morgan fingerprint density at radius 2 is 1.80 bits per heavy atom. The summed E-state index contributed by atoms with van der Waals surface area (Å²) in [5.41, 5.74) is 1.97. The van der Waals surface area contributed by atoms with Gasteiger partial charge in [0.15, 0.2) is 0 Å². The Kier molecular flexibility index (Phi) is 9.84. The molecule has 46 heavy (non-hydrogen) atoms. The van der Waals surface area contributed by atoms with Crippen molar-refractivity contribution in [2.45, 2.75) is 44.2 Å². The zero-order valence-corrected chi connectivity index (χ0v) is 24.3. The van der Waals surface area contributed by atoms with Crippen molar-refractivity contribution in [2.75, 3.05) is 36.5 Å². The Balaban J connectivity index is 1.41. The Bertz CT molecular complexity index is 1620. The number of hydrogen-bond donors (Lipinski definition) is 0. The highest BCUT2D eigenvalue weighted by Crippen LogP contribution is 2.38. The Labute approximate surface area is 258 Å². The second-order valence-corrected chi connectivity index (χ2v) is 10.8. The number of amides is 1. The monoisotopic (exact) mass is 651 g/mol. The molecule has 16 heteroatoms. The van der Waals surface area contributed by atoms with Crippen molar-refractivity contribution in [3.63, 3.8) is 0 Å². The van der Waals surface area contributed by atoms with E-state index >= 15 is 4.39 Å². The Morgan fingerprint density at radius 1 is 1.04 bits per heavy atom. The van der Waals surface area contributed by atoms with E-state index in [-0.39, 0.29) is 48.4 Å². The van der Waals surface area contributed by atoms with E-state index in [2.05, 4.69) is 20.2 Å². The van der Waals surface area contributed by atoms with Gasteiger partial charge in [-0.05, 0) is 37.1 Å². The summed E-state index contributed by atoms with van der Waals surface area (Å²) in [6.07, 6.45) is -1.16. The summed E-state index contributed by atoms with van der Waals surface area (Å²) in [7, 11) is 1.73.